The number of carbonyl (C=O) groups excluding carboxylic acids is 1. The predicted molar refractivity (Wildman–Crippen MR) is 76.1 cm³/mol. The minimum atomic E-state index is -0.464. The topological polar surface area (TPSA) is 67.6 Å². The number of nitrogens with zero attached hydrogens (tertiary/aromatic N) is 1. The first-order valence-electron chi connectivity index (χ1n) is 6.57. The molecule has 5 nitrogen and oxygen atoms in total. The van der Waals surface area contributed by atoms with Gasteiger partial charge in [0.25, 0.3) is 0 Å². The minimum Gasteiger partial charge on any atom is -0.379 e. The second-order valence-corrected chi connectivity index (χ2v) is 5.69. The predicted octanol–water partition coefficient (Wildman–Crippen LogP) is 0.585. The lowest BCUT2D eigenvalue weighted by atomic mass is 10.2. The Balaban J connectivity index is 2.00. The van der Waals surface area contributed by atoms with Crippen molar-refractivity contribution in [2.45, 2.75) is 19.0 Å². The largest absolute Gasteiger partial charge is 0.379 e. The molecule has 1 aliphatic rings. The summed E-state index contributed by atoms with van der Waals surface area (Å²) < 4.78 is 5.39. The average molecular weight is 283 g/mol. The molecule has 1 aliphatic heterocycles. The van der Waals surface area contributed by atoms with Gasteiger partial charge in [-0.25, -0.2) is 0 Å². The lowest BCUT2D eigenvalue weighted by Gasteiger charge is -2.34. The normalized spacial score (nSPS) is 19.9. The second-order valence-electron chi connectivity index (χ2n) is 4.71. The number of thiophene rings is 1. The summed E-state index contributed by atoms with van der Waals surface area (Å²) in [6.45, 7) is 5.60. The van der Waals surface area contributed by atoms with Crippen molar-refractivity contribution in [1.82, 2.24) is 10.2 Å². The standard InChI is InChI=1S/C13H21N3O2S/c1-10(14)13(17)15-9-11(12-3-2-8-19-12)16-4-6-18-7-5-16/h2-3,8,10-11H,4-7,9,14H2,1H3,(H,15,17). The summed E-state index contributed by atoms with van der Waals surface area (Å²) in [5.74, 6) is -0.102. The Morgan fingerprint density at radius 1 is 1.58 bits per heavy atom. The van der Waals surface area contributed by atoms with Crippen LogP contribution >= 0.6 is 11.3 Å². The molecule has 0 radical (unpaired) electrons. The number of nitrogens with two attached hydrogens (primary N) is 1. The summed E-state index contributed by atoms with van der Waals surface area (Å²) in [6.07, 6.45) is 0. The van der Waals surface area contributed by atoms with Crippen molar-refractivity contribution in [3.8, 4) is 0 Å². The van der Waals surface area contributed by atoms with Gasteiger partial charge in [0.05, 0.1) is 25.3 Å². The number of rotatable bonds is 5. The molecule has 0 bridgehead atoms. The fourth-order valence-corrected chi connectivity index (χ4v) is 3.00. The fourth-order valence-electron chi connectivity index (χ4n) is 2.14. The molecule has 2 rings (SSSR count). The molecule has 2 unspecified atom stereocenters. The van der Waals surface area contributed by atoms with Crippen molar-refractivity contribution in [3.63, 3.8) is 0 Å². The van der Waals surface area contributed by atoms with Crippen molar-refractivity contribution in [2.24, 2.45) is 5.73 Å². The van der Waals surface area contributed by atoms with Gasteiger partial charge in [0.1, 0.15) is 0 Å². The van der Waals surface area contributed by atoms with Gasteiger partial charge >= 0.3 is 0 Å². The highest BCUT2D eigenvalue weighted by molar-refractivity contribution is 7.10. The average Bonchev–Trinajstić information content (AvgIpc) is 2.94. The van der Waals surface area contributed by atoms with Crippen molar-refractivity contribution < 1.29 is 9.53 Å². The van der Waals surface area contributed by atoms with Crippen LogP contribution in [0.15, 0.2) is 17.5 Å². The lowest BCUT2D eigenvalue weighted by molar-refractivity contribution is -0.122. The summed E-state index contributed by atoms with van der Waals surface area (Å²) in [4.78, 5) is 15.3. The van der Waals surface area contributed by atoms with E-state index in [0.29, 0.717) is 6.54 Å². The lowest BCUT2D eigenvalue weighted by Crippen LogP contribution is -2.46. The zero-order chi connectivity index (χ0) is 13.7. The van der Waals surface area contributed by atoms with Crippen molar-refractivity contribution >= 4 is 17.2 Å². The fraction of sp³-hybridized carbons (Fsp3) is 0.615. The van der Waals surface area contributed by atoms with Gasteiger partial charge in [-0.3, -0.25) is 9.69 Å². The zero-order valence-electron chi connectivity index (χ0n) is 11.2. The second kappa shape index (κ2) is 7.00. The molecule has 0 spiro atoms. The third-order valence-corrected chi connectivity index (χ3v) is 4.21. The molecule has 106 valence electrons. The smallest absolute Gasteiger partial charge is 0.236 e. The van der Waals surface area contributed by atoms with Crippen LogP contribution in [0.2, 0.25) is 0 Å². The minimum absolute atomic E-state index is 0.102. The van der Waals surface area contributed by atoms with Crippen LogP contribution in [0, 0.1) is 0 Å². The van der Waals surface area contributed by atoms with Crippen LogP contribution in [-0.2, 0) is 9.53 Å². The van der Waals surface area contributed by atoms with Gasteiger partial charge in [-0.2, -0.15) is 0 Å². The Kier molecular flexibility index (Phi) is 5.33. The van der Waals surface area contributed by atoms with Gasteiger partial charge in [0.2, 0.25) is 5.91 Å². The number of hydrogen-bond acceptors (Lipinski definition) is 5. The zero-order valence-corrected chi connectivity index (χ0v) is 12.0. The maximum atomic E-state index is 11.6. The van der Waals surface area contributed by atoms with E-state index in [-0.39, 0.29) is 11.9 Å². The Morgan fingerprint density at radius 3 is 2.89 bits per heavy atom. The highest BCUT2D eigenvalue weighted by atomic mass is 32.1. The monoisotopic (exact) mass is 283 g/mol. The van der Waals surface area contributed by atoms with Gasteiger partial charge in [-0.05, 0) is 18.4 Å². The van der Waals surface area contributed by atoms with Crippen molar-refractivity contribution in [3.05, 3.63) is 22.4 Å². The summed E-state index contributed by atoms with van der Waals surface area (Å²) in [6, 6.07) is 3.91. The van der Waals surface area contributed by atoms with E-state index in [9.17, 15) is 4.79 Å². The summed E-state index contributed by atoms with van der Waals surface area (Å²) in [5, 5.41) is 4.99. The van der Waals surface area contributed by atoms with Gasteiger partial charge < -0.3 is 15.8 Å². The number of amides is 1. The van der Waals surface area contributed by atoms with Crippen LogP contribution in [-0.4, -0.2) is 49.7 Å². The highest BCUT2D eigenvalue weighted by Crippen LogP contribution is 2.25. The van der Waals surface area contributed by atoms with E-state index < -0.39 is 6.04 Å². The number of carbonyl (C=O) groups is 1. The maximum Gasteiger partial charge on any atom is 0.236 e. The van der Waals surface area contributed by atoms with E-state index in [1.807, 2.05) is 6.07 Å². The Hall–Kier alpha value is -0.950. The molecule has 3 N–H and O–H groups in total. The van der Waals surface area contributed by atoms with E-state index in [2.05, 4.69) is 21.7 Å². The van der Waals surface area contributed by atoms with Crippen molar-refractivity contribution in [1.29, 1.82) is 0 Å². The van der Waals surface area contributed by atoms with E-state index in [1.165, 1.54) is 4.88 Å². The molecule has 1 saturated heterocycles. The highest BCUT2D eigenvalue weighted by Gasteiger charge is 2.24. The molecule has 0 aliphatic carbocycles. The number of morpholine rings is 1. The van der Waals surface area contributed by atoms with Crippen molar-refractivity contribution in [2.75, 3.05) is 32.8 Å². The first kappa shape index (κ1) is 14.5. The SMILES string of the molecule is CC(N)C(=O)NCC(c1cccs1)N1CCOCC1. The van der Waals surface area contributed by atoms with E-state index in [1.54, 1.807) is 18.3 Å². The molecular weight excluding hydrogens is 262 g/mol. The van der Waals surface area contributed by atoms with Gasteiger partial charge in [0.15, 0.2) is 0 Å². The van der Waals surface area contributed by atoms with E-state index in [4.69, 9.17) is 10.5 Å². The van der Waals surface area contributed by atoms with Gasteiger partial charge in [0, 0.05) is 24.5 Å². The molecule has 0 saturated carbocycles. The molecule has 0 aromatic carbocycles. The summed E-state index contributed by atoms with van der Waals surface area (Å²) >= 11 is 1.72. The van der Waals surface area contributed by atoms with E-state index in [0.717, 1.165) is 26.3 Å². The molecule has 2 atom stereocenters. The molecule has 6 heteroatoms. The summed E-state index contributed by atoms with van der Waals surface area (Å²) in [5.41, 5.74) is 5.58. The number of nitrogens with one attached hydrogen (secondary N) is 1. The molecule has 19 heavy (non-hydrogen) atoms. The van der Waals surface area contributed by atoms with Crippen LogP contribution in [0.4, 0.5) is 0 Å². The van der Waals surface area contributed by atoms with Gasteiger partial charge in [-0.1, -0.05) is 6.07 Å². The quantitative estimate of drug-likeness (QED) is 0.830. The maximum absolute atomic E-state index is 11.6. The van der Waals surface area contributed by atoms with Crippen LogP contribution < -0.4 is 11.1 Å². The molecule has 2 heterocycles. The number of hydrogen-bond donors (Lipinski definition) is 2. The molecule has 1 aromatic heterocycles. The number of ether oxygens (including phenoxy) is 1. The van der Waals surface area contributed by atoms with Crippen LogP contribution in [0.1, 0.15) is 17.8 Å². The van der Waals surface area contributed by atoms with Crippen LogP contribution in [0.3, 0.4) is 0 Å². The Bertz CT molecular complexity index is 389. The third kappa shape index (κ3) is 4.01. The molecule has 1 amide bonds. The summed E-state index contributed by atoms with van der Waals surface area (Å²) in [7, 11) is 0. The first-order chi connectivity index (χ1) is 9.18. The Morgan fingerprint density at radius 2 is 2.32 bits per heavy atom. The molecule has 1 fully saturated rings. The molecular formula is C13H21N3O2S. The molecule has 1 aromatic rings. The third-order valence-electron chi connectivity index (χ3n) is 3.24. The Labute approximate surface area is 117 Å². The van der Waals surface area contributed by atoms with Gasteiger partial charge in [-0.15, -0.1) is 11.3 Å². The first-order valence-corrected chi connectivity index (χ1v) is 7.45. The van der Waals surface area contributed by atoms with Crippen LogP contribution in [0.5, 0.6) is 0 Å². The van der Waals surface area contributed by atoms with Crippen LogP contribution in [0.25, 0.3) is 0 Å². The van der Waals surface area contributed by atoms with E-state index >= 15 is 0 Å².